The highest BCUT2D eigenvalue weighted by Crippen LogP contribution is 2.21. The largest absolute Gasteiger partial charge is 0.331 e. The van der Waals surface area contributed by atoms with E-state index in [1.54, 1.807) is 0 Å². The molecule has 2 aromatic rings. The van der Waals surface area contributed by atoms with Crippen LogP contribution in [-0.4, -0.2) is 40.1 Å². The van der Waals surface area contributed by atoms with Crippen LogP contribution in [0.15, 0.2) is 29.1 Å². The second-order valence-electron chi connectivity index (χ2n) is 6.76. The number of aryl methyl sites for hydroxylation is 4. The molecule has 7 heteroatoms. The van der Waals surface area contributed by atoms with E-state index in [0.717, 1.165) is 28.8 Å². The van der Waals surface area contributed by atoms with Gasteiger partial charge >= 0.3 is 0 Å². The Balaban J connectivity index is 2.09. The van der Waals surface area contributed by atoms with Crippen LogP contribution in [0.25, 0.3) is 0 Å². The maximum Gasteiger partial charge on any atom is 0.274 e. The smallest absolute Gasteiger partial charge is 0.274 e. The number of hydrogen-bond donors (Lipinski definition) is 1. The van der Waals surface area contributed by atoms with E-state index in [4.69, 9.17) is 0 Å². The van der Waals surface area contributed by atoms with Gasteiger partial charge in [0.2, 0.25) is 5.91 Å². The predicted molar refractivity (Wildman–Crippen MR) is 105 cm³/mol. The summed E-state index contributed by atoms with van der Waals surface area (Å²) in [5.41, 5.74) is 3.73. The van der Waals surface area contributed by atoms with E-state index < -0.39 is 5.91 Å². The average molecular weight is 370 g/mol. The SMILES string of the molecule is CCCn1nc(C(=O)N(C)CC(=O)Nc2c(C)cc(C)cc2C)ccc1=O. The highest BCUT2D eigenvalue weighted by Gasteiger charge is 2.18. The number of anilines is 1. The van der Waals surface area contributed by atoms with E-state index >= 15 is 0 Å². The van der Waals surface area contributed by atoms with Gasteiger partial charge in [-0.05, 0) is 44.4 Å². The molecule has 0 aliphatic rings. The van der Waals surface area contributed by atoms with Gasteiger partial charge in [0.25, 0.3) is 11.5 Å². The zero-order valence-corrected chi connectivity index (χ0v) is 16.5. The minimum atomic E-state index is -0.410. The number of carbonyl (C=O) groups is 2. The fraction of sp³-hybridized carbons (Fsp3) is 0.400. The maximum atomic E-state index is 12.5. The standard InChI is InChI=1S/C20H26N4O3/c1-6-9-24-18(26)8-7-16(22-24)20(27)23(5)12-17(25)21-19-14(3)10-13(2)11-15(19)4/h7-8,10-11H,6,9,12H2,1-5H3,(H,21,25). The van der Waals surface area contributed by atoms with E-state index in [2.05, 4.69) is 10.4 Å². The van der Waals surface area contributed by atoms with Crippen LogP contribution in [0.5, 0.6) is 0 Å². The van der Waals surface area contributed by atoms with Crippen molar-refractivity contribution in [1.29, 1.82) is 0 Å². The number of hydrogen-bond acceptors (Lipinski definition) is 4. The van der Waals surface area contributed by atoms with Crippen LogP contribution in [0, 0.1) is 20.8 Å². The summed E-state index contributed by atoms with van der Waals surface area (Å²) in [7, 11) is 1.54. The first-order valence-electron chi connectivity index (χ1n) is 8.94. The summed E-state index contributed by atoms with van der Waals surface area (Å²) in [5.74, 6) is -0.699. The molecule has 2 amide bonds. The van der Waals surface area contributed by atoms with Crippen LogP contribution < -0.4 is 10.9 Å². The number of nitrogens with one attached hydrogen (secondary N) is 1. The predicted octanol–water partition coefficient (Wildman–Crippen LogP) is 2.29. The Morgan fingerprint density at radius 3 is 2.37 bits per heavy atom. The van der Waals surface area contributed by atoms with Gasteiger partial charge in [-0.15, -0.1) is 0 Å². The summed E-state index contributed by atoms with van der Waals surface area (Å²) in [6.07, 6.45) is 0.734. The number of nitrogens with zero attached hydrogens (tertiary/aromatic N) is 3. The number of likely N-dealkylation sites (N-methyl/N-ethyl adjacent to an activating group) is 1. The second-order valence-corrected chi connectivity index (χ2v) is 6.76. The molecule has 0 unspecified atom stereocenters. The quantitative estimate of drug-likeness (QED) is 0.845. The van der Waals surface area contributed by atoms with Crippen molar-refractivity contribution in [2.24, 2.45) is 0 Å². The van der Waals surface area contributed by atoms with Crippen molar-refractivity contribution >= 4 is 17.5 Å². The van der Waals surface area contributed by atoms with Crippen LogP contribution >= 0.6 is 0 Å². The molecule has 0 radical (unpaired) electrons. The molecule has 0 saturated carbocycles. The van der Waals surface area contributed by atoms with Gasteiger partial charge < -0.3 is 10.2 Å². The number of carbonyl (C=O) groups excluding carboxylic acids is 2. The molecule has 1 aromatic carbocycles. The molecule has 1 heterocycles. The van der Waals surface area contributed by atoms with E-state index in [1.165, 1.54) is 28.8 Å². The topological polar surface area (TPSA) is 84.3 Å². The molecule has 144 valence electrons. The maximum absolute atomic E-state index is 12.5. The van der Waals surface area contributed by atoms with Crippen molar-refractivity contribution in [3.05, 3.63) is 57.0 Å². The number of aromatic nitrogens is 2. The Labute approximate surface area is 159 Å². The van der Waals surface area contributed by atoms with Crippen molar-refractivity contribution in [1.82, 2.24) is 14.7 Å². The van der Waals surface area contributed by atoms with Crippen LogP contribution in [0.2, 0.25) is 0 Å². The summed E-state index contributed by atoms with van der Waals surface area (Å²) in [6.45, 7) is 8.13. The Hall–Kier alpha value is -2.96. The van der Waals surface area contributed by atoms with Crippen molar-refractivity contribution in [3.63, 3.8) is 0 Å². The molecule has 2 rings (SSSR count). The summed E-state index contributed by atoms with van der Waals surface area (Å²) >= 11 is 0. The van der Waals surface area contributed by atoms with Crippen LogP contribution in [0.4, 0.5) is 5.69 Å². The fourth-order valence-electron chi connectivity index (χ4n) is 2.97. The lowest BCUT2D eigenvalue weighted by Gasteiger charge is -2.18. The third kappa shape index (κ3) is 5.03. The van der Waals surface area contributed by atoms with E-state index in [9.17, 15) is 14.4 Å². The fourth-order valence-corrected chi connectivity index (χ4v) is 2.97. The number of amides is 2. The molecular formula is C20H26N4O3. The lowest BCUT2D eigenvalue weighted by atomic mass is 10.1. The van der Waals surface area contributed by atoms with Crippen LogP contribution in [0.3, 0.4) is 0 Å². The lowest BCUT2D eigenvalue weighted by molar-refractivity contribution is -0.116. The molecule has 0 aliphatic carbocycles. The molecule has 0 saturated heterocycles. The second kappa shape index (κ2) is 8.62. The minimum Gasteiger partial charge on any atom is -0.331 e. The number of benzene rings is 1. The average Bonchev–Trinajstić information content (AvgIpc) is 2.59. The van der Waals surface area contributed by atoms with E-state index in [1.807, 2.05) is 39.8 Å². The van der Waals surface area contributed by atoms with Crippen molar-refractivity contribution in [2.75, 3.05) is 18.9 Å². The van der Waals surface area contributed by atoms with Gasteiger partial charge in [-0.25, -0.2) is 4.68 Å². The normalized spacial score (nSPS) is 10.6. The molecular weight excluding hydrogens is 344 g/mol. The summed E-state index contributed by atoms with van der Waals surface area (Å²) in [5, 5.41) is 6.97. The highest BCUT2D eigenvalue weighted by molar-refractivity contribution is 5.98. The summed E-state index contributed by atoms with van der Waals surface area (Å²) in [6, 6.07) is 6.71. The Morgan fingerprint density at radius 2 is 1.78 bits per heavy atom. The van der Waals surface area contributed by atoms with Gasteiger partial charge in [0.1, 0.15) is 5.69 Å². The molecule has 0 fully saturated rings. The first-order chi connectivity index (χ1) is 12.7. The Bertz CT molecular complexity index is 895. The molecule has 1 N–H and O–H groups in total. The van der Waals surface area contributed by atoms with Gasteiger partial charge in [0, 0.05) is 25.3 Å². The minimum absolute atomic E-state index is 0.111. The first kappa shape index (κ1) is 20.4. The van der Waals surface area contributed by atoms with Gasteiger partial charge in [0.15, 0.2) is 0 Å². The molecule has 0 aliphatic heterocycles. The number of rotatable bonds is 6. The molecule has 1 aromatic heterocycles. The highest BCUT2D eigenvalue weighted by atomic mass is 16.2. The Morgan fingerprint density at radius 1 is 1.15 bits per heavy atom. The molecule has 7 nitrogen and oxygen atoms in total. The summed E-state index contributed by atoms with van der Waals surface area (Å²) in [4.78, 5) is 38.0. The molecule has 0 spiro atoms. The molecule has 0 atom stereocenters. The van der Waals surface area contributed by atoms with Crippen molar-refractivity contribution in [2.45, 2.75) is 40.7 Å². The van der Waals surface area contributed by atoms with Gasteiger partial charge in [-0.3, -0.25) is 14.4 Å². The van der Waals surface area contributed by atoms with Gasteiger partial charge in [0.05, 0.1) is 6.54 Å². The zero-order chi connectivity index (χ0) is 20.1. The molecule has 0 bridgehead atoms. The van der Waals surface area contributed by atoms with Gasteiger partial charge in [-0.1, -0.05) is 24.6 Å². The van der Waals surface area contributed by atoms with Gasteiger partial charge in [-0.2, -0.15) is 5.10 Å². The van der Waals surface area contributed by atoms with E-state index in [-0.39, 0.29) is 23.7 Å². The third-order valence-corrected chi connectivity index (χ3v) is 4.19. The zero-order valence-electron chi connectivity index (χ0n) is 16.5. The van der Waals surface area contributed by atoms with E-state index in [0.29, 0.717) is 6.54 Å². The first-order valence-corrected chi connectivity index (χ1v) is 8.94. The Kier molecular flexibility index (Phi) is 6.50. The third-order valence-electron chi connectivity index (χ3n) is 4.19. The summed E-state index contributed by atoms with van der Waals surface area (Å²) < 4.78 is 1.26. The lowest BCUT2D eigenvalue weighted by Crippen LogP contribution is -2.36. The monoisotopic (exact) mass is 370 g/mol. The molecule has 27 heavy (non-hydrogen) atoms. The van der Waals surface area contributed by atoms with Crippen LogP contribution in [-0.2, 0) is 11.3 Å². The van der Waals surface area contributed by atoms with Crippen molar-refractivity contribution < 1.29 is 9.59 Å². The van der Waals surface area contributed by atoms with Crippen molar-refractivity contribution in [3.8, 4) is 0 Å². The van der Waals surface area contributed by atoms with Crippen LogP contribution in [0.1, 0.15) is 40.5 Å².